The first-order chi connectivity index (χ1) is 9.38. The first-order valence-electron chi connectivity index (χ1n) is 6.58. The van der Waals surface area contributed by atoms with Gasteiger partial charge in [-0.1, -0.05) is 11.2 Å². The number of allylic oxidation sites excluding steroid dienone is 2. The number of hydrogen-bond acceptors (Lipinski definition) is 4. The molecule has 1 aromatic carbocycles. The maximum absolute atomic E-state index is 5.46. The number of nitrogens with zero attached hydrogens (tertiary/aromatic N) is 1. The molecule has 3 rings (SSSR count). The molecule has 0 aromatic heterocycles. The Kier molecular flexibility index (Phi) is 3.40. The van der Waals surface area contributed by atoms with Crippen molar-refractivity contribution in [3.8, 4) is 11.5 Å². The first kappa shape index (κ1) is 12.1. The zero-order valence-electron chi connectivity index (χ0n) is 11.0. The van der Waals surface area contributed by atoms with E-state index in [0.29, 0.717) is 6.79 Å². The van der Waals surface area contributed by atoms with Gasteiger partial charge < -0.3 is 14.3 Å². The van der Waals surface area contributed by atoms with Gasteiger partial charge in [0, 0.05) is 5.56 Å². The van der Waals surface area contributed by atoms with Crippen LogP contribution in [0.1, 0.15) is 36.8 Å². The van der Waals surface area contributed by atoms with Crippen LogP contribution in [0.3, 0.4) is 0 Å². The molecule has 0 bridgehead atoms. The van der Waals surface area contributed by atoms with E-state index in [1.807, 2.05) is 6.07 Å². The minimum Gasteiger partial charge on any atom is -0.454 e. The zero-order valence-corrected chi connectivity index (χ0v) is 11.0. The third-order valence-corrected chi connectivity index (χ3v) is 3.48. The molecule has 0 spiro atoms. The largest absolute Gasteiger partial charge is 0.454 e. The van der Waals surface area contributed by atoms with Crippen molar-refractivity contribution in [2.75, 3.05) is 13.9 Å². The van der Waals surface area contributed by atoms with Crippen LogP contribution in [-0.2, 0) is 4.84 Å². The molecule has 1 aliphatic carbocycles. The Morgan fingerprint density at radius 1 is 1.21 bits per heavy atom. The summed E-state index contributed by atoms with van der Waals surface area (Å²) in [7, 11) is 1.54. The van der Waals surface area contributed by atoms with E-state index >= 15 is 0 Å². The fraction of sp³-hybridized carbons (Fsp3) is 0.400. The fourth-order valence-corrected chi connectivity index (χ4v) is 2.53. The van der Waals surface area contributed by atoms with E-state index < -0.39 is 0 Å². The molecule has 4 nitrogen and oxygen atoms in total. The average Bonchev–Trinajstić information content (AvgIpc) is 2.92. The Morgan fingerprint density at radius 2 is 2.05 bits per heavy atom. The van der Waals surface area contributed by atoms with Gasteiger partial charge in [0.1, 0.15) is 7.11 Å². The summed E-state index contributed by atoms with van der Waals surface area (Å²) in [5, 5.41) is 3.87. The average molecular weight is 259 g/mol. The maximum atomic E-state index is 5.46. The predicted molar refractivity (Wildman–Crippen MR) is 73.6 cm³/mol. The van der Waals surface area contributed by atoms with Crippen LogP contribution in [0.5, 0.6) is 11.5 Å². The molecule has 0 N–H and O–H groups in total. The highest BCUT2D eigenvalue weighted by atomic mass is 16.7. The highest BCUT2D eigenvalue weighted by Crippen LogP contribution is 2.38. The second-order valence-electron chi connectivity index (χ2n) is 4.68. The van der Waals surface area contributed by atoms with E-state index in [4.69, 9.17) is 14.3 Å². The monoisotopic (exact) mass is 259 g/mol. The van der Waals surface area contributed by atoms with Crippen molar-refractivity contribution in [3.05, 3.63) is 29.3 Å². The summed E-state index contributed by atoms with van der Waals surface area (Å²) in [6, 6.07) is 4.02. The van der Waals surface area contributed by atoms with Crippen molar-refractivity contribution in [2.24, 2.45) is 5.16 Å². The van der Waals surface area contributed by atoms with Crippen LogP contribution in [0.25, 0.3) is 5.57 Å². The molecule has 1 aromatic rings. The summed E-state index contributed by atoms with van der Waals surface area (Å²) in [4.78, 5) is 4.79. The van der Waals surface area contributed by atoms with Crippen molar-refractivity contribution in [3.63, 3.8) is 0 Å². The SMILES string of the molecule is CO/N=C/c1cc2c(cc1C1=CCCCC1)OCO2. The molecule has 0 amide bonds. The molecule has 0 atom stereocenters. The molecule has 19 heavy (non-hydrogen) atoms. The summed E-state index contributed by atoms with van der Waals surface area (Å²) in [5.74, 6) is 1.59. The van der Waals surface area contributed by atoms with Gasteiger partial charge in [-0.2, -0.15) is 0 Å². The maximum Gasteiger partial charge on any atom is 0.231 e. The van der Waals surface area contributed by atoms with Crippen molar-refractivity contribution in [1.29, 1.82) is 0 Å². The third kappa shape index (κ3) is 2.43. The van der Waals surface area contributed by atoms with Crippen LogP contribution in [0.4, 0.5) is 0 Å². The molecule has 0 unspecified atom stereocenters. The van der Waals surface area contributed by atoms with Crippen molar-refractivity contribution in [2.45, 2.75) is 25.7 Å². The van der Waals surface area contributed by atoms with Crippen LogP contribution < -0.4 is 9.47 Å². The van der Waals surface area contributed by atoms with E-state index in [1.165, 1.54) is 24.0 Å². The molecule has 0 radical (unpaired) electrons. The molecule has 2 aliphatic rings. The smallest absolute Gasteiger partial charge is 0.231 e. The van der Waals surface area contributed by atoms with Crippen LogP contribution in [-0.4, -0.2) is 20.1 Å². The lowest BCUT2D eigenvalue weighted by atomic mass is 9.90. The lowest BCUT2D eigenvalue weighted by Crippen LogP contribution is -1.97. The van der Waals surface area contributed by atoms with E-state index in [0.717, 1.165) is 29.9 Å². The van der Waals surface area contributed by atoms with Crippen LogP contribution >= 0.6 is 0 Å². The second-order valence-corrected chi connectivity index (χ2v) is 4.68. The summed E-state index contributed by atoms with van der Waals surface area (Å²) in [6.45, 7) is 0.290. The minimum atomic E-state index is 0.290. The molecule has 0 saturated carbocycles. The third-order valence-electron chi connectivity index (χ3n) is 3.48. The van der Waals surface area contributed by atoms with E-state index in [9.17, 15) is 0 Å². The number of hydrogen-bond donors (Lipinski definition) is 0. The van der Waals surface area contributed by atoms with E-state index in [1.54, 1.807) is 13.3 Å². The van der Waals surface area contributed by atoms with Gasteiger partial charge in [0.15, 0.2) is 11.5 Å². The van der Waals surface area contributed by atoms with Crippen molar-refractivity contribution < 1.29 is 14.3 Å². The second kappa shape index (κ2) is 5.34. The Morgan fingerprint density at radius 3 is 2.79 bits per heavy atom. The van der Waals surface area contributed by atoms with Gasteiger partial charge in [-0.25, -0.2) is 0 Å². The number of rotatable bonds is 3. The van der Waals surface area contributed by atoms with Gasteiger partial charge in [-0.3, -0.25) is 0 Å². The molecule has 1 aliphatic heterocycles. The van der Waals surface area contributed by atoms with Crippen LogP contribution in [0.15, 0.2) is 23.4 Å². The van der Waals surface area contributed by atoms with Gasteiger partial charge in [0.2, 0.25) is 6.79 Å². The molecule has 100 valence electrons. The summed E-state index contributed by atoms with van der Waals surface area (Å²) >= 11 is 0. The number of benzene rings is 1. The topological polar surface area (TPSA) is 40.0 Å². The van der Waals surface area contributed by atoms with Gasteiger partial charge in [0.05, 0.1) is 6.21 Å². The molecule has 0 saturated heterocycles. The number of oxime groups is 1. The Labute approximate surface area is 112 Å². The molecular weight excluding hydrogens is 242 g/mol. The Hall–Kier alpha value is -1.97. The number of ether oxygens (including phenoxy) is 2. The van der Waals surface area contributed by atoms with E-state index in [2.05, 4.69) is 17.3 Å². The fourth-order valence-electron chi connectivity index (χ4n) is 2.53. The van der Waals surface area contributed by atoms with Gasteiger partial charge in [-0.15, -0.1) is 0 Å². The zero-order chi connectivity index (χ0) is 13.1. The van der Waals surface area contributed by atoms with Crippen LogP contribution in [0, 0.1) is 0 Å². The normalized spacial score (nSPS) is 17.6. The Balaban J connectivity index is 2.04. The van der Waals surface area contributed by atoms with Crippen molar-refractivity contribution in [1.82, 2.24) is 0 Å². The minimum absolute atomic E-state index is 0.290. The number of fused-ring (bicyclic) bond motifs is 1. The quantitative estimate of drug-likeness (QED) is 0.617. The predicted octanol–water partition coefficient (Wildman–Crippen LogP) is 3.35. The highest BCUT2D eigenvalue weighted by Gasteiger charge is 2.19. The van der Waals surface area contributed by atoms with Gasteiger partial charge in [0.25, 0.3) is 0 Å². The standard InChI is InChI=1S/C15H17NO3/c1-17-16-9-12-7-14-15(19-10-18-14)8-13(12)11-5-3-2-4-6-11/h5,7-9H,2-4,6,10H2,1H3/b16-9+. The molecule has 1 heterocycles. The highest BCUT2D eigenvalue weighted by molar-refractivity contribution is 5.90. The van der Waals surface area contributed by atoms with Crippen molar-refractivity contribution >= 4 is 11.8 Å². The molecule has 4 heteroatoms. The van der Waals surface area contributed by atoms with Gasteiger partial charge in [-0.05, 0) is 49.0 Å². The van der Waals surface area contributed by atoms with Gasteiger partial charge >= 0.3 is 0 Å². The lowest BCUT2D eigenvalue weighted by molar-refractivity contribution is 0.174. The Bertz CT molecular complexity index is 534. The summed E-state index contributed by atoms with van der Waals surface area (Å²) < 4.78 is 10.9. The first-order valence-corrected chi connectivity index (χ1v) is 6.58. The lowest BCUT2D eigenvalue weighted by Gasteiger charge is -2.15. The van der Waals surface area contributed by atoms with Crippen LogP contribution in [0.2, 0.25) is 0 Å². The molecule has 0 fully saturated rings. The van der Waals surface area contributed by atoms with E-state index in [-0.39, 0.29) is 0 Å². The molecular formula is C15H17NO3. The summed E-state index contributed by atoms with van der Waals surface area (Å²) in [5.41, 5.74) is 3.55. The summed E-state index contributed by atoms with van der Waals surface area (Å²) in [6.07, 6.45) is 8.80.